The van der Waals surface area contributed by atoms with Gasteiger partial charge in [0, 0.05) is 13.0 Å². The molecule has 8 nitrogen and oxygen atoms in total. The Morgan fingerprint density at radius 1 is 1.03 bits per heavy atom. The summed E-state index contributed by atoms with van der Waals surface area (Å²) in [6, 6.07) is 3.98. The monoisotopic (exact) mass is 440 g/mol. The Balaban J connectivity index is 1.70. The zero-order valence-electron chi connectivity index (χ0n) is 19.6. The molecule has 8 heteroatoms. The molecule has 0 fully saturated rings. The molecule has 2 aliphatic rings. The van der Waals surface area contributed by atoms with Crippen molar-refractivity contribution in [2.24, 2.45) is 5.41 Å². The Morgan fingerprint density at radius 2 is 1.72 bits per heavy atom. The van der Waals surface area contributed by atoms with Crippen LogP contribution in [0, 0.1) is 19.3 Å². The zero-order chi connectivity index (χ0) is 23.5. The molecule has 0 radical (unpaired) electrons. The zero-order valence-corrected chi connectivity index (χ0v) is 19.6. The Bertz CT molecular complexity index is 1200. The van der Waals surface area contributed by atoms with Gasteiger partial charge >= 0.3 is 11.7 Å². The highest BCUT2D eigenvalue weighted by Crippen LogP contribution is 2.24. The minimum Gasteiger partial charge on any atom is -0.465 e. The van der Waals surface area contributed by atoms with Gasteiger partial charge in [0.15, 0.2) is 11.5 Å². The average molecular weight is 441 g/mol. The van der Waals surface area contributed by atoms with Crippen LogP contribution in [-0.2, 0) is 16.1 Å². The summed E-state index contributed by atoms with van der Waals surface area (Å²) in [5.41, 5.74) is 2.68. The third-order valence-corrected chi connectivity index (χ3v) is 5.40. The quantitative estimate of drug-likeness (QED) is 0.325. The van der Waals surface area contributed by atoms with Crippen molar-refractivity contribution in [3.63, 3.8) is 0 Å². The summed E-state index contributed by atoms with van der Waals surface area (Å²) in [5.74, 6) is 0.151. The molecule has 0 aliphatic carbocycles. The van der Waals surface area contributed by atoms with Gasteiger partial charge < -0.3 is 9.30 Å². The maximum absolute atomic E-state index is 12.3. The molecule has 0 unspecified atom stereocenters. The number of H-pyrrole nitrogens is 1. The number of fused-ring (bicyclic) bond motifs is 2. The van der Waals surface area contributed by atoms with Crippen molar-refractivity contribution in [3.8, 4) is 11.5 Å². The van der Waals surface area contributed by atoms with E-state index < -0.39 is 11.2 Å². The number of hydrogen-bond acceptors (Lipinski definition) is 6. The second-order valence-electron chi connectivity index (χ2n) is 9.62. The molecule has 1 aromatic rings. The van der Waals surface area contributed by atoms with E-state index in [1.807, 2.05) is 51.3 Å². The normalized spacial score (nSPS) is 11.9. The summed E-state index contributed by atoms with van der Waals surface area (Å²) in [5, 5.41) is 0. The van der Waals surface area contributed by atoms with Crippen LogP contribution in [0.2, 0.25) is 0 Å². The van der Waals surface area contributed by atoms with Crippen LogP contribution in [0.15, 0.2) is 21.7 Å². The summed E-state index contributed by atoms with van der Waals surface area (Å²) in [6.07, 6.45) is 3.81. The minimum absolute atomic E-state index is 0.0282. The predicted molar refractivity (Wildman–Crippen MR) is 124 cm³/mol. The molecule has 0 atom stereocenters. The second kappa shape index (κ2) is 9.63. The summed E-state index contributed by atoms with van der Waals surface area (Å²) in [4.78, 5) is 46.8. The lowest BCUT2D eigenvalue weighted by molar-refractivity contribution is -0.146. The number of carbonyl (C=O) groups is 1. The first kappa shape index (κ1) is 23.6. The number of nitrogens with zero attached hydrogens (tertiary/aromatic N) is 3. The first-order chi connectivity index (χ1) is 15.0. The predicted octanol–water partition coefficient (Wildman–Crippen LogP) is 3.74. The summed E-state index contributed by atoms with van der Waals surface area (Å²) in [7, 11) is 0. The number of nitrogens with one attached hydrogen (secondary N) is 1. The summed E-state index contributed by atoms with van der Waals surface area (Å²) >= 11 is 0. The molecule has 1 aromatic carbocycles. The SMILES string of the molecule is Cc1cc2nc3c(=O)[nH]c(=O)nc-3n(CCCCCCC(=O)OCC(C)(C)C)c2cc1C. The molecule has 0 spiro atoms. The average Bonchev–Trinajstić information content (AvgIpc) is 2.69. The van der Waals surface area contributed by atoms with Gasteiger partial charge in [-0.25, -0.2) is 9.78 Å². The fourth-order valence-corrected chi connectivity index (χ4v) is 3.54. The van der Waals surface area contributed by atoms with E-state index in [1.165, 1.54) is 0 Å². The molecular formula is C24H32N4O4. The van der Waals surface area contributed by atoms with Gasteiger partial charge in [-0.05, 0) is 55.4 Å². The van der Waals surface area contributed by atoms with Gasteiger partial charge in [-0.15, -0.1) is 0 Å². The molecule has 2 heterocycles. The van der Waals surface area contributed by atoms with Gasteiger partial charge in [-0.1, -0.05) is 33.6 Å². The first-order valence-corrected chi connectivity index (χ1v) is 11.1. The van der Waals surface area contributed by atoms with Gasteiger partial charge in [-0.2, -0.15) is 4.98 Å². The Hall–Kier alpha value is -3.03. The lowest BCUT2D eigenvalue weighted by Crippen LogP contribution is -2.29. The maximum Gasteiger partial charge on any atom is 0.349 e. The van der Waals surface area contributed by atoms with Gasteiger partial charge in [0.05, 0.1) is 17.6 Å². The second-order valence-corrected chi connectivity index (χ2v) is 9.62. The smallest absolute Gasteiger partial charge is 0.349 e. The lowest BCUT2D eigenvalue weighted by atomic mass is 9.99. The van der Waals surface area contributed by atoms with Crippen molar-refractivity contribution in [1.82, 2.24) is 19.5 Å². The van der Waals surface area contributed by atoms with Crippen molar-refractivity contribution < 1.29 is 9.53 Å². The van der Waals surface area contributed by atoms with Crippen molar-refractivity contribution in [2.75, 3.05) is 6.61 Å². The van der Waals surface area contributed by atoms with E-state index in [0.717, 1.165) is 42.3 Å². The summed E-state index contributed by atoms with van der Waals surface area (Å²) < 4.78 is 7.22. The lowest BCUT2D eigenvalue weighted by Gasteiger charge is -2.18. The van der Waals surface area contributed by atoms with E-state index in [1.54, 1.807) is 0 Å². The van der Waals surface area contributed by atoms with Crippen LogP contribution >= 0.6 is 0 Å². The van der Waals surface area contributed by atoms with Crippen molar-refractivity contribution in [3.05, 3.63) is 44.1 Å². The molecular weight excluding hydrogens is 408 g/mol. The number of esters is 1. The largest absolute Gasteiger partial charge is 0.465 e. The minimum atomic E-state index is -0.671. The van der Waals surface area contributed by atoms with Crippen molar-refractivity contribution in [2.45, 2.75) is 73.3 Å². The van der Waals surface area contributed by atoms with E-state index in [9.17, 15) is 14.4 Å². The highest BCUT2D eigenvalue weighted by atomic mass is 16.5. The van der Waals surface area contributed by atoms with Crippen LogP contribution in [0.25, 0.3) is 22.6 Å². The van der Waals surface area contributed by atoms with E-state index in [4.69, 9.17) is 4.74 Å². The number of ether oxygens (including phenoxy) is 1. The molecule has 0 bridgehead atoms. The molecule has 2 aliphatic heterocycles. The van der Waals surface area contributed by atoms with Gasteiger partial charge in [-0.3, -0.25) is 14.6 Å². The van der Waals surface area contributed by atoms with E-state index in [2.05, 4.69) is 15.0 Å². The maximum atomic E-state index is 12.3. The molecule has 1 N–H and O–H groups in total. The number of hydrogen-bond donors (Lipinski definition) is 1. The third-order valence-electron chi connectivity index (χ3n) is 5.40. The summed E-state index contributed by atoms with van der Waals surface area (Å²) in [6.45, 7) is 11.1. The topological polar surface area (TPSA) is 107 Å². The fraction of sp³-hybridized carbons (Fsp3) is 0.542. The number of aromatic amines is 1. The third kappa shape index (κ3) is 5.81. The van der Waals surface area contributed by atoms with Crippen LogP contribution in [0.5, 0.6) is 0 Å². The molecule has 0 amide bonds. The van der Waals surface area contributed by atoms with E-state index in [0.29, 0.717) is 30.9 Å². The number of rotatable bonds is 8. The fourth-order valence-electron chi connectivity index (χ4n) is 3.54. The number of carbonyl (C=O) groups excluding carboxylic acids is 1. The van der Waals surface area contributed by atoms with Crippen LogP contribution in [0.1, 0.15) is 64.0 Å². The Kier molecular flexibility index (Phi) is 7.11. The van der Waals surface area contributed by atoms with E-state index >= 15 is 0 Å². The Labute approximate surface area is 187 Å². The van der Waals surface area contributed by atoms with Crippen LogP contribution in [0.4, 0.5) is 0 Å². The molecule has 32 heavy (non-hydrogen) atoms. The standard InChI is InChI=1S/C24H32N4O4/c1-15-12-17-18(13-16(15)2)28(21-20(25-17)22(30)27-23(31)26-21)11-9-7-6-8-10-19(29)32-14-24(3,4)5/h12-13H,6-11,14H2,1-5H3,(H,27,30,31). The van der Waals surface area contributed by atoms with Crippen LogP contribution < -0.4 is 11.2 Å². The number of benzene rings is 1. The Morgan fingerprint density at radius 3 is 2.44 bits per heavy atom. The number of aryl methyl sites for hydroxylation is 3. The molecule has 3 rings (SSSR count). The molecule has 172 valence electrons. The van der Waals surface area contributed by atoms with Gasteiger partial charge in [0.25, 0.3) is 5.56 Å². The van der Waals surface area contributed by atoms with Crippen molar-refractivity contribution in [1.29, 1.82) is 0 Å². The van der Waals surface area contributed by atoms with E-state index in [-0.39, 0.29) is 17.1 Å². The molecule has 0 aromatic heterocycles. The number of aromatic nitrogens is 4. The van der Waals surface area contributed by atoms with Crippen molar-refractivity contribution >= 4 is 17.0 Å². The first-order valence-electron chi connectivity index (χ1n) is 11.1. The molecule has 0 saturated heterocycles. The van der Waals surface area contributed by atoms with Crippen LogP contribution in [-0.4, -0.2) is 32.1 Å². The van der Waals surface area contributed by atoms with Crippen LogP contribution in [0.3, 0.4) is 0 Å². The number of unbranched alkanes of at least 4 members (excludes halogenated alkanes) is 3. The van der Waals surface area contributed by atoms with Gasteiger partial charge in [0.1, 0.15) is 0 Å². The van der Waals surface area contributed by atoms with Gasteiger partial charge in [0.2, 0.25) is 0 Å². The highest BCUT2D eigenvalue weighted by molar-refractivity contribution is 5.81. The highest BCUT2D eigenvalue weighted by Gasteiger charge is 2.19. The molecule has 0 saturated carbocycles.